The van der Waals surface area contributed by atoms with Gasteiger partial charge in [-0.05, 0) is 23.9 Å². The van der Waals surface area contributed by atoms with Gasteiger partial charge in [0.15, 0.2) is 0 Å². The van der Waals surface area contributed by atoms with Gasteiger partial charge in [-0.1, -0.05) is 24.2 Å². The van der Waals surface area contributed by atoms with Gasteiger partial charge in [0.1, 0.15) is 0 Å². The third kappa shape index (κ3) is 0.401. The zero-order valence-corrected chi connectivity index (χ0v) is 4.00. The Labute approximate surface area is 60.4 Å². The van der Waals surface area contributed by atoms with Gasteiger partial charge < -0.3 is 0 Å². The van der Waals surface area contributed by atoms with E-state index < -0.39 is 36.9 Å². The SMILES string of the molecule is [2H]c1c([2H])c([2H])c2c(c1[2H])C([2H])([2H])C2([2H])[2H]. The molecular weight excluding hydrogens is 96.1 g/mol. The highest BCUT2D eigenvalue weighted by molar-refractivity contribution is 5.34. The van der Waals surface area contributed by atoms with Crippen LogP contribution in [0.15, 0.2) is 24.2 Å². The van der Waals surface area contributed by atoms with Crippen LogP contribution in [0.5, 0.6) is 0 Å². The van der Waals surface area contributed by atoms with Crippen molar-refractivity contribution in [1.29, 1.82) is 0 Å². The highest BCUT2D eigenvalue weighted by atomic mass is 14.1. The second-order valence-corrected chi connectivity index (χ2v) is 1.50. The number of benzene rings is 1. The third-order valence-corrected chi connectivity index (χ3v) is 1.00. The molecule has 8 heavy (non-hydrogen) atoms. The Hall–Kier alpha value is -0.780. The molecule has 1 aliphatic carbocycles. The van der Waals surface area contributed by atoms with Crippen LogP contribution < -0.4 is 0 Å². The average Bonchev–Trinajstić information content (AvgIpc) is 2.19. The van der Waals surface area contributed by atoms with Gasteiger partial charge in [0, 0.05) is 5.48 Å². The largest absolute Gasteiger partial charge is 0.0626 e. The first kappa shape index (κ1) is 1.06. The minimum Gasteiger partial charge on any atom is -0.0620 e. The molecule has 0 bridgehead atoms. The first-order chi connectivity index (χ1) is 7.14. The number of rotatable bonds is 0. The molecule has 0 radical (unpaired) electrons. The fourth-order valence-corrected chi connectivity index (χ4v) is 0.562. The fourth-order valence-electron chi connectivity index (χ4n) is 0.562. The van der Waals surface area contributed by atoms with Crippen LogP contribution >= 0.6 is 0 Å². The van der Waals surface area contributed by atoms with Gasteiger partial charge in [-0.3, -0.25) is 0 Å². The Kier molecular flexibility index (Phi) is 0.179. The van der Waals surface area contributed by atoms with Crippen molar-refractivity contribution in [3.05, 3.63) is 35.3 Å². The van der Waals surface area contributed by atoms with Gasteiger partial charge >= 0.3 is 0 Å². The van der Waals surface area contributed by atoms with Gasteiger partial charge in [-0.25, -0.2) is 0 Å². The topological polar surface area (TPSA) is 0 Å². The zero-order valence-electron chi connectivity index (χ0n) is 12.0. The normalized spacial score (nSPS) is 41.5. The van der Waals surface area contributed by atoms with E-state index in [1.165, 1.54) is 0 Å². The molecule has 0 saturated carbocycles. The van der Waals surface area contributed by atoms with Gasteiger partial charge in [-0.2, -0.15) is 0 Å². The molecule has 0 unspecified atom stereocenters. The van der Waals surface area contributed by atoms with E-state index in [1.54, 1.807) is 0 Å². The average molecular weight is 112 g/mol. The van der Waals surface area contributed by atoms with Crippen LogP contribution in [0.3, 0.4) is 0 Å². The quantitative estimate of drug-likeness (QED) is 0.480. The molecule has 0 atom stereocenters. The van der Waals surface area contributed by atoms with E-state index >= 15 is 0 Å². The maximum atomic E-state index is 7.51. The number of hydrogen-bond donors (Lipinski definition) is 0. The predicted octanol–water partition coefficient (Wildman–Crippen LogP) is 1.79. The molecule has 0 nitrogen and oxygen atoms in total. The predicted molar refractivity (Wildman–Crippen MR) is 33.9 cm³/mol. The molecule has 0 aromatic heterocycles. The molecule has 0 heterocycles. The summed E-state index contributed by atoms with van der Waals surface area (Å²) in [6.45, 7) is 0. The number of fused-ring (bicyclic) bond motifs is 1. The van der Waals surface area contributed by atoms with Gasteiger partial charge in [0.2, 0.25) is 0 Å². The van der Waals surface area contributed by atoms with Crippen LogP contribution in [-0.2, 0) is 12.7 Å². The van der Waals surface area contributed by atoms with E-state index in [9.17, 15) is 0 Å². The van der Waals surface area contributed by atoms with Crippen molar-refractivity contribution in [3.63, 3.8) is 0 Å². The molecule has 1 aromatic rings. The van der Waals surface area contributed by atoms with Crippen LogP contribution in [-0.4, -0.2) is 0 Å². The summed E-state index contributed by atoms with van der Waals surface area (Å²) in [5.41, 5.74) is -0.521. The van der Waals surface area contributed by atoms with Crippen molar-refractivity contribution >= 4 is 0 Å². The van der Waals surface area contributed by atoms with Crippen molar-refractivity contribution < 1.29 is 11.0 Å². The number of hydrogen-bond acceptors (Lipinski definition) is 0. The van der Waals surface area contributed by atoms with E-state index in [-0.39, 0.29) is 11.1 Å². The van der Waals surface area contributed by atoms with Gasteiger partial charge in [0.05, 0.1) is 5.48 Å². The Bertz CT molecular complexity index is 445. The fraction of sp³-hybridized carbons (Fsp3) is 0.250. The van der Waals surface area contributed by atoms with Crippen molar-refractivity contribution in [2.24, 2.45) is 0 Å². The summed E-state index contributed by atoms with van der Waals surface area (Å²) in [6, 6.07) is -2.03. The van der Waals surface area contributed by atoms with Crippen molar-refractivity contribution in [3.8, 4) is 0 Å². The molecule has 1 aromatic carbocycles. The zero-order chi connectivity index (χ0) is 12.5. The molecule has 0 spiro atoms. The summed E-state index contributed by atoms with van der Waals surface area (Å²) in [5, 5.41) is 0. The standard InChI is InChI=1S/C8H8/c1-2-4-8-6-5-7(8)3-1/h1-4H,5-6H2/i1D,2D,3D,4D,5D2,6D2. The molecule has 2 rings (SSSR count). The van der Waals surface area contributed by atoms with Crippen molar-refractivity contribution in [1.82, 2.24) is 0 Å². The van der Waals surface area contributed by atoms with Crippen LogP contribution in [0.25, 0.3) is 0 Å². The van der Waals surface area contributed by atoms with Crippen molar-refractivity contribution in [2.45, 2.75) is 12.7 Å². The molecule has 0 heteroatoms. The molecule has 0 fully saturated rings. The molecule has 0 amide bonds. The van der Waals surface area contributed by atoms with E-state index in [0.29, 0.717) is 0 Å². The van der Waals surface area contributed by atoms with Gasteiger partial charge in [0.25, 0.3) is 0 Å². The molecule has 1 aliphatic rings. The Morgan fingerprint density at radius 2 is 1.75 bits per heavy atom. The molecule has 0 N–H and O–H groups in total. The lowest BCUT2D eigenvalue weighted by Gasteiger charge is -2.16. The highest BCUT2D eigenvalue weighted by Gasteiger charge is 2.09. The van der Waals surface area contributed by atoms with Crippen LogP contribution in [0.1, 0.15) is 22.1 Å². The summed E-state index contributed by atoms with van der Waals surface area (Å²) in [6.07, 6.45) is -4.72. The Morgan fingerprint density at radius 1 is 1.25 bits per heavy atom. The van der Waals surface area contributed by atoms with E-state index in [4.69, 9.17) is 11.0 Å². The maximum Gasteiger partial charge on any atom is 0.0626 e. The molecule has 40 valence electrons. The smallest absolute Gasteiger partial charge is 0.0620 e. The van der Waals surface area contributed by atoms with Crippen LogP contribution in [0, 0.1) is 0 Å². The summed E-state index contributed by atoms with van der Waals surface area (Å²) < 4.78 is 59.8. The lowest BCUT2D eigenvalue weighted by molar-refractivity contribution is 0.839. The Balaban J connectivity index is 2.88. The minimum absolute atomic E-state index is 0.261. The highest BCUT2D eigenvalue weighted by Crippen LogP contribution is 2.20. The third-order valence-electron chi connectivity index (χ3n) is 1.00. The first-order valence-electron chi connectivity index (χ1n) is 6.25. The molecule has 0 saturated heterocycles. The first-order valence-corrected chi connectivity index (χ1v) is 2.25. The lowest BCUT2D eigenvalue weighted by Crippen LogP contribution is -2.06. The minimum atomic E-state index is -2.36. The second kappa shape index (κ2) is 1.35. The molecular formula is C8H8. The van der Waals surface area contributed by atoms with Crippen molar-refractivity contribution in [2.75, 3.05) is 0 Å². The van der Waals surface area contributed by atoms with E-state index in [2.05, 4.69) is 0 Å². The lowest BCUT2D eigenvalue weighted by atomic mass is 9.89. The maximum absolute atomic E-state index is 7.51. The van der Waals surface area contributed by atoms with Gasteiger partial charge in [-0.15, -0.1) is 0 Å². The molecule has 0 aliphatic heterocycles. The van der Waals surface area contributed by atoms with E-state index in [1.807, 2.05) is 0 Å². The second-order valence-electron chi connectivity index (χ2n) is 1.50. The summed E-state index contributed by atoms with van der Waals surface area (Å²) >= 11 is 0. The Morgan fingerprint density at radius 3 is 2.25 bits per heavy atom. The van der Waals surface area contributed by atoms with E-state index in [0.717, 1.165) is 0 Å². The summed E-state index contributed by atoms with van der Waals surface area (Å²) in [7, 11) is 0. The van der Waals surface area contributed by atoms with Crippen LogP contribution in [0.2, 0.25) is 0 Å². The summed E-state index contributed by atoms with van der Waals surface area (Å²) in [5.74, 6) is 0. The van der Waals surface area contributed by atoms with Crippen LogP contribution in [0.4, 0.5) is 0 Å². The summed E-state index contributed by atoms with van der Waals surface area (Å²) in [4.78, 5) is 0. The monoisotopic (exact) mass is 112 g/mol.